The molecule has 0 radical (unpaired) electrons. The number of nitrogens with zero attached hydrogens (tertiary/aromatic N) is 2. The minimum Gasteiger partial charge on any atom is -0.349 e. The van der Waals surface area contributed by atoms with E-state index in [1.165, 1.54) is 12.1 Å². The minimum atomic E-state index is -4.36. The lowest BCUT2D eigenvalue weighted by Gasteiger charge is -2.15. The van der Waals surface area contributed by atoms with Gasteiger partial charge in [0.05, 0.1) is 23.1 Å². The molecular weight excluding hydrogens is 379 g/mol. The maximum Gasteiger partial charge on any atom is 0.416 e. The molecule has 0 saturated heterocycles. The second-order valence-corrected chi connectivity index (χ2v) is 7.48. The van der Waals surface area contributed by atoms with Crippen LogP contribution in [0.2, 0.25) is 0 Å². The van der Waals surface area contributed by atoms with Gasteiger partial charge in [-0.1, -0.05) is 31.2 Å². The Morgan fingerprint density at radius 3 is 2.34 bits per heavy atom. The maximum absolute atomic E-state index is 12.7. The summed E-state index contributed by atoms with van der Waals surface area (Å²) in [6.07, 6.45) is -4.17. The van der Waals surface area contributed by atoms with Gasteiger partial charge in [-0.05, 0) is 49.6 Å². The predicted molar refractivity (Wildman–Crippen MR) is 106 cm³/mol. The number of aromatic nitrogens is 2. The lowest BCUT2D eigenvalue weighted by atomic mass is 9.96. The van der Waals surface area contributed by atoms with Crippen molar-refractivity contribution in [2.45, 2.75) is 51.9 Å². The van der Waals surface area contributed by atoms with Crippen molar-refractivity contribution in [2.75, 3.05) is 0 Å². The molecule has 0 aliphatic rings. The summed E-state index contributed by atoms with van der Waals surface area (Å²) < 4.78 is 40.2. The molecule has 0 unspecified atom stereocenters. The van der Waals surface area contributed by atoms with E-state index in [9.17, 15) is 18.0 Å². The standard InChI is InChI=1S/C22H24F3N3O/c1-14(2)28-19-7-5-4-6-18(19)27-20(28)13-26-21(29)12-15(3)16-8-10-17(11-9-16)22(23,24)25/h4-11,14-15H,12-13H2,1-3H3,(H,26,29)/t15-/m1/s1. The summed E-state index contributed by atoms with van der Waals surface area (Å²) in [6, 6.07) is 13.0. The molecule has 0 aliphatic heterocycles. The molecule has 1 aromatic heterocycles. The Morgan fingerprint density at radius 2 is 1.72 bits per heavy atom. The normalized spacial score (nSPS) is 13.1. The zero-order valence-electron chi connectivity index (χ0n) is 16.6. The second-order valence-electron chi connectivity index (χ2n) is 7.48. The zero-order chi connectivity index (χ0) is 21.2. The highest BCUT2D eigenvalue weighted by atomic mass is 19.4. The number of alkyl halides is 3. The Hall–Kier alpha value is -2.83. The van der Waals surface area contributed by atoms with Crippen molar-refractivity contribution in [1.82, 2.24) is 14.9 Å². The summed E-state index contributed by atoms with van der Waals surface area (Å²) >= 11 is 0. The van der Waals surface area contributed by atoms with Crippen molar-refractivity contribution in [3.63, 3.8) is 0 Å². The number of hydrogen-bond donors (Lipinski definition) is 1. The molecule has 154 valence electrons. The van der Waals surface area contributed by atoms with Crippen LogP contribution in [0.5, 0.6) is 0 Å². The van der Waals surface area contributed by atoms with Crippen LogP contribution in [0.25, 0.3) is 11.0 Å². The summed E-state index contributed by atoms with van der Waals surface area (Å²) in [5.41, 5.74) is 1.90. The minimum absolute atomic E-state index is 0.167. The Labute approximate surface area is 167 Å². The van der Waals surface area contributed by atoms with Gasteiger partial charge in [-0.3, -0.25) is 4.79 Å². The summed E-state index contributed by atoms with van der Waals surface area (Å²) in [7, 11) is 0. The van der Waals surface area contributed by atoms with Gasteiger partial charge in [-0.15, -0.1) is 0 Å². The molecule has 1 amide bonds. The highest BCUT2D eigenvalue weighted by Crippen LogP contribution is 2.30. The zero-order valence-corrected chi connectivity index (χ0v) is 16.6. The Morgan fingerprint density at radius 1 is 1.07 bits per heavy atom. The molecule has 1 heterocycles. The van der Waals surface area contributed by atoms with Crippen LogP contribution in [0.3, 0.4) is 0 Å². The molecule has 0 bridgehead atoms. The van der Waals surface area contributed by atoms with Crippen molar-refractivity contribution >= 4 is 16.9 Å². The van der Waals surface area contributed by atoms with Gasteiger partial charge >= 0.3 is 6.18 Å². The number of hydrogen-bond acceptors (Lipinski definition) is 2. The summed E-state index contributed by atoms with van der Waals surface area (Å²) in [4.78, 5) is 17.0. The highest BCUT2D eigenvalue weighted by molar-refractivity contribution is 5.78. The summed E-state index contributed by atoms with van der Waals surface area (Å²) in [5, 5.41) is 2.89. The molecule has 0 fully saturated rings. The first-order chi connectivity index (χ1) is 13.7. The number of fused-ring (bicyclic) bond motifs is 1. The van der Waals surface area contributed by atoms with Gasteiger partial charge in [0.1, 0.15) is 5.82 Å². The molecule has 7 heteroatoms. The SMILES string of the molecule is CC(C)n1c(CNC(=O)C[C@@H](C)c2ccc(C(F)(F)F)cc2)nc2ccccc21. The smallest absolute Gasteiger partial charge is 0.349 e. The number of para-hydroxylation sites is 2. The first kappa shape index (κ1) is 20.9. The molecule has 3 rings (SSSR count). The van der Waals surface area contributed by atoms with Crippen LogP contribution in [0.15, 0.2) is 48.5 Å². The Bertz CT molecular complexity index is 991. The van der Waals surface area contributed by atoms with Crippen LogP contribution in [0, 0.1) is 0 Å². The number of nitrogens with one attached hydrogen (secondary N) is 1. The topological polar surface area (TPSA) is 46.9 Å². The first-order valence-corrected chi connectivity index (χ1v) is 9.56. The number of benzene rings is 2. The van der Waals surface area contributed by atoms with E-state index in [4.69, 9.17) is 0 Å². The van der Waals surface area contributed by atoms with Gasteiger partial charge in [0.25, 0.3) is 0 Å². The molecule has 3 aromatic rings. The van der Waals surface area contributed by atoms with Crippen LogP contribution >= 0.6 is 0 Å². The molecule has 1 N–H and O–H groups in total. The van der Waals surface area contributed by atoms with Crippen LogP contribution < -0.4 is 5.32 Å². The Kier molecular flexibility index (Phi) is 5.96. The van der Waals surface area contributed by atoms with Gasteiger partial charge in [0.15, 0.2) is 0 Å². The Balaban J connectivity index is 1.64. The molecule has 0 saturated carbocycles. The van der Waals surface area contributed by atoms with Crippen molar-refractivity contribution in [3.8, 4) is 0 Å². The van der Waals surface area contributed by atoms with Crippen molar-refractivity contribution < 1.29 is 18.0 Å². The summed E-state index contributed by atoms with van der Waals surface area (Å²) in [5.74, 6) is 0.415. The lowest BCUT2D eigenvalue weighted by Crippen LogP contribution is -2.26. The molecule has 0 aliphatic carbocycles. The monoisotopic (exact) mass is 403 g/mol. The average molecular weight is 403 g/mol. The van der Waals surface area contributed by atoms with E-state index in [2.05, 4.69) is 28.7 Å². The van der Waals surface area contributed by atoms with Crippen LogP contribution in [0.4, 0.5) is 13.2 Å². The van der Waals surface area contributed by atoms with E-state index >= 15 is 0 Å². The van der Waals surface area contributed by atoms with Gasteiger partial charge in [-0.25, -0.2) is 4.98 Å². The van der Waals surface area contributed by atoms with E-state index in [0.717, 1.165) is 29.0 Å². The third kappa shape index (κ3) is 4.78. The quantitative estimate of drug-likeness (QED) is 0.595. The number of carbonyl (C=O) groups excluding carboxylic acids is 1. The highest BCUT2D eigenvalue weighted by Gasteiger charge is 2.30. The molecule has 0 spiro atoms. The molecule has 4 nitrogen and oxygen atoms in total. The third-order valence-electron chi connectivity index (χ3n) is 4.93. The molecule has 29 heavy (non-hydrogen) atoms. The van der Waals surface area contributed by atoms with E-state index < -0.39 is 11.7 Å². The van der Waals surface area contributed by atoms with E-state index in [1.807, 2.05) is 31.2 Å². The van der Waals surface area contributed by atoms with Crippen molar-refractivity contribution in [1.29, 1.82) is 0 Å². The van der Waals surface area contributed by atoms with Crippen LogP contribution in [-0.4, -0.2) is 15.5 Å². The fraction of sp³-hybridized carbons (Fsp3) is 0.364. The molecular formula is C22H24F3N3O. The van der Waals surface area contributed by atoms with Crippen LogP contribution in [0.1, 0.15) is 56.1 Å². The number of halogens is 3. The third-order valence-corrected chi connectivity index (χ3v) is 4.93. The number of imidazole rings is 1. The molecule has 1 atom stereocenters. The first-order valence-electron chi connectivity index (χ1n) is 9.56. The summed E-state index contributed by atoms with van der Waals surface area (Å²) in [6.45, 7) is 6.25. The second kappa shape index (κ2) is 8.27. The van der Waals surface area contributed by atoms with Gasteiger partial charge in [-0.2, -0.15) is 13.2 Å². The number of amides is 1. The number of rotatable bonds is 6. The lowest BCUT2D eigenvalue weighted by molar-refractivity contribution is -0.137. The number of carbonyl (C=O) groups is 1. The van der Waals surface area contributed by atoms with Crippen molar-refractivity contribution in [3.05, 3.63) is 65.5 Å². The van der Waals surface area contributed by atoms with E-state index in [-0.39, 0.29) is 24.3 Å². The van der Waals surface area contributed by atoms with Crippen molar-refractivity contribution in [2.24, 2.45) is 0 Å². The van der Waals surface area contributed by atoms with E-state index in [0.29, 0.717) is 12.1 Å². The van der Waals surface area contributed by atoms with Gasteiger partial charge in [0, 0.05) is 12.5 Å². The van der Waals surface area contributed by atoms with E-state index in [1.54, 1.807) is 0 Å². The van der Waals surface area contributed by atoms with Crippen LogP contribution in [-0.2, 0) is 17.5 Å². The molecule has 2 aromatic carbocycles. The van der Waals surface area contributed by atoms with Gasteiger partial charge in [0.2, 0.25) is 5.91 Å². The average Bonchev–Trinajstić information content (AvgIpc) is 3.04. The predicted octanol–water partition coefficient (Wildman–Crippen LogP) is 5.45. The van der Waals surface area contributed by atoms with Gasteiger partial charge < -0.3 is 9.88 Å². The maximum atomic E-state index is 12.7. The fourth-order valence-corrected chi connectivity index (χ4v) is 3.44. The largest absolute Gasteiger partial charge is 0.416 e. The fourth-order valence-electron chi connectivity index (χ4n) is 3.44.